The molecule has 3 aromatic rings. The van der Waals surface area contributed by atoms with Gasteiger partial charge in [-0.05, 0) is 80.1 Å². The molecule has 1 saturated carbocycles. The van der Waals surface area contributed by atoms with Crippen molar-refractivity contribution in [3.8, 4) is 11.5 Å². The summed E-state index contributed by atoms with van der Waals surface area (Å²) in [6, 6.07) is 15.3. The monoisotopic (exact) mass is 432 g/mol. The van der Waals surface area contributed by atoms with Crippen molar-refractivity contribution in [1.29, 1.82) is 0 Å². The maximum Gasteiger partial charge on any atom is 0.335 e. The Morgan fingerprint density at radius 2 is 1.84 bits per heavy atom. The van der Waals surface area contributed by atoms with Gasteiger partial charge in [-0.3, -0.25) is 4.98 Å². The van der Waals surface area contributed by atoms with Crippen LogP contribution in [0, 0.1) is 6.92 Å². The molecule has 1 heterocycles. The second-order valence-corrected chi connectivity index (χ2v) is 8.11. The zero-order valence-corrected chi connectivity index (χ0v) is 18.5. The predicted octanol–water partition coefficient (Wildman–Crippen LogP) is 5.76. The largest absolute Gasteiger partial charge is 0.493 e. The highest BCUT2D eigenvalue weighted by atomic mass is 16.5. The molecule has 0 saturated heterocycles. The summed E-state index contributed by atoms with van der Waals surface area (Å²) in [6.45, 7) is 2.40. The third kappa shape index (κ3) is 4.85. The lowest BCUT2D eigenvalue weighted by molar-refractivity contribution is 0.0696. The average molecular weight is 433 g/mol. The molecular formula is C26H28N2O4. The summed E-state index contributed by atoms with van der Waals surface area (Å²) in [5.41, 5.74) is 3.89. The molecule has 1 fully saturated rings. The van der Waals surface area contributed by atoms with Crippen LogP contribution < -0.4 is 14.4 Å². The van der Waals surface area contributed by atoms with Gasteiger partial charge in [-0.2, -0.15) is 0 Å². The van der Waals surface area contributed by atoms with Crippen molar-refractivity contribution in [3.05, 3.63) is 77.6 Å². The van der Waals surface area contributed by atoms with Gasteiger partial charge < -0.3 is 19.5 Å². The molecule has 0 spiro atoms. The van der Waals surface area contributed by atoms with E-state index in [9.17, 15) is 9.90 Å². The second-order valence-electron chi connectivity index (χ2n) is 8.11. The number of nitrogens with zero attached hydrogens (tertiary/aromatic N) is 2. The summed E-state index contributed by atoms with van der Waals surface area (Å²) < 4.78 is 11.9. The average Bonchev–Trinajstić information content (AvgIpc) is 3.31. The summed E-state index contributed by atoms with van der Waals surface area (Å²) in [5, 5.41) is 9.42. The van der Waals surface area contributed by atoms with Crippen LogP contribution in [0.2, 0.25) is 0 Å². The minimum Gasteiger partial charge on any atom is -0.493 e. The van der Waals surface area contributed by atoms with E-state index in [1.807, 2.05) is 55.6 Å². The van der Waals surface area contributed by atoms with E-state index in [0.29, 0.717) is 23.4 Å². The normalized spacial score (nSPS) is 13.7. The van der Waals surface area contributed by atoms with Gasteiger partial charge in [-0.1, -0.05) is 6.07 Å². The van der Waals surface area contributed by atoms with Crippen LogP contribution in [0.25, 0.3) is 0 Å². The molecule has 0 amide bonds. The van der Waals surface area contributed by atoms with Crippen molar-refractivity contribution in [1.82, 2.24) is 4.98 Å². The Labute approximate surface area is 188 Å². The number of rotatable bonds is 8. The van der Waals surface area contributed by atoms with E-state index < -0.39 is 5.97 Å². The van der Waals surface area contributed by atoms with Crippen LogP contribution in [-0.2, 0) is 6.54 Å². The van der Waals surface area contributed by atoms with Crippen LogP contribution in [-0.4, -0.2) is 29.3 Å². The Morgan fingerprint density at radius 1 is 1.09 bits per heavy atom. The molecule has 4 rings (SSSR count). The summed E-state index contributed by atoms with van der Waals surface area (Å²) in [4.78, 5) is 17.9. The van der Waals surface area contributed by atoms with Crippen molar-refractivity contribution in [2.75, 3.05) is 12.0 Å². The molecular weight excluding hydrogens is 404 g/mol. The highest BCUT2D eigenvalue weighted by Gasteiger charge is 2.21. The van der Waals surface area contributed by atoms with Crippen LogP contribution in [0.5, 0.6) is 11.5 Å². The van der Waals surface area contributed by atoms with Gasteiger partial charge in [-0.25, -0.2) is 4.79 Å². The molecule has 0 bridgehead atoms. The fourth-order valence-electron chi connectivity index (χ4n) is 4.17. The minimum atomic E-state index is -0.926. The number of aromatic carboxylic acids is 1. The number of carbonyl (C=O) groups is 1. The third-order valence-corrected chi connectivity index (χ3v) is 5.87. The highest BCUT2D eigenvalue weighted by molar-refractivity contribution is 5.90. The summed E-state index contributed by atoms with van der Waals surface area (Å²) in [5.74, 6) is 0.510. The fraction of sp³-hybridized carbons (Fsp3) is 0.308. The van der Waals surface area contributed by atoms with Crippen molar-refractivity contribution < 1.29 is 19.4 Å². The maximum absolute atomic E-state index is 11.5. The number of aromatic nitrogens is 1. The van der Waals surface area contributed by atoms with E-state index in [1.54, 1.807) is 19.4 Å². The Morgan fingerprint density at radius 3 is 2.50 bits per heavy atom. The Balaban J connectivity index is 1.74. The number of hydrogen-bond acceptors (Lipinski definition) is 5. The first-order valence-electron chi connectivity index (χ1n) is 10.9. The molecule has 1 N–H and O–H groups in total. The molecule has 1 aromatic heterocycles. The van der Waals surface area contributed by atoms with E-state index >= 15 is 0 Å². The molecule has 6 heteroatoms. The smallest absolute Gasteiger partial charge is 0.335 e. The summed E-state index contributed by atoms with van der Waals surface area (Å²) in [7, 11) is 1.65. The molecule has 6 nitrogen and oxygen atoms in total. The van der Waals surface area contributed by atoms with Gasteiger partial charge in [0.25, 0.3) is 0 Å². The fourth-order valence-corrected chi connectivity index (χ4v) is 4.17. The molecule has 0 aliphatic heterocycles. The van der Waals surface area contributed by atoms with Gasteiger partial charge >= 0.3 is 5.97 Å². The quantitative estimate of drug-likeness (QED) is 0.488. The predicted molar refractivity (Wildman–Crippen MR) is 124 cm³/mol. The van der Waals surface area contributed by atoms with E-state index in [4.69, 9.17) is 9.47 Å². The van der Waals surface area contributed by atoms with Gasteiger partial charge in [0.1, 0.15) is 0 Å². The highest BCUT2D eigenvalue weighted by Crippen LogP contribution is 2.38. The number of methoxy groups -OCH3 is 1. The second kappa shape index (κ2) is 9.73. The van der Waals surface area contributed by atoms with E-state index in [2.05, 4.69) is 9.88 Å². The minimum absolute atomic E-state index is 0.211. The molecule has 1 aliphatic rings. The first kappa shape index (κ1) is 21.7. The lowest BCUT2D eigenvalue weighted by Gasteiger charge is -2.27. The van der Waals surface area contributed by atoms with Crippen LogP contribution in [0.3, 0.4) is 0 Å². The van der Waals surface area contributed by atoms with Crippen LogP contribution in [0.4, 0.5) is 11.4 Å². The molecule has 0 unspecified atom stereocenters. The standard InChI is InChI=1S/C26H28N2O4/c1-18-14-20(9-11-23(18)26(29)30)28(17-19-6-5-13-27-16-19)21-10-12-24(31-2)25(15-21)32-22-7-3-4-8-22/h5-6,9-16,22H,3-4,7-8,17H2,1-2H3,(H,29,30). The van der Waals surface area contributed by atoms with Gasteiger partial charge in [0.15, 0.2) is 11.5 Å². The number of pyridine rings is 1. The lowest BCUT2D eigenvalue weighted by atomic mass is 10.1. The number of aryl methyl sites for hydroxylation is 1. The number of hydrogen-bond donors (Lipinski definition) is 1. The van der Waals surface area contributed by atoms with Crippen molar-refractivity contribution in [2.24, 2.45) is 0 Å². The lowest BCUT2D eigenvalue weighted by Crippen LogP contribution is -2.18. The van der Waals surface area contributed by atoms with Gasteiger partial charge in [0.2, 0.25) is 0 Å². The zero-order valence-electron chi connectivity index (χ0n) is 18.5. The summed E-state index contributed by atoms with van der Waals surface area (Å²) in [6.07, 6.45) is 8.30. The van der Waals surface area contributed by atoms with Crippen LogP contribution in [0.15, 0.2) is 60.9 Å². The van der Waals surface area contributed by atoms with Gasteiger partial charge in [0, 0.05) is 36.4 Å². The van der Waals surface area contributed by atoms with Gasteiger partial charge in [0.05, 0.1) is 18.8 Å². The Hall–Kier alpha value is -3.54. The Bertz CT molecular complexity index is 1080. The number of carboxylic acids is 1. The number of ether oxygens (including phenoxy) is 2. The van der Waals surface area contributed by atoms with Crippen molar-refractivity contribution in [3.63, 3.8) is 0 Å². The van der Waals surface area contributed by atoms with E-state index in [1.165, 1.54) is 12.8 Å². The number of benzene rings is 2. The SMILES string of the molecule is COc1ccc(N(Cc2cccnc2)c2ccc(C(=O)O)c(C)c2)cc1OC1CCCC1. The number of carboxylic acid groups (broad SMARTS) is 1. The third-order valence-electron chi connectivity index (χ3n) is 5.87. The molecule has 32 heavy (non-hydrogen) atoms. The number of anilines is 2. The molecule has 0 atom stereocenters. The van der Waals surface area contributed by atoms with Crippen molar-refractivity contribution >= 4 is 17.3 Å². The summed E-state index contributed by atoms with van der Waals surface area (Å²) >= 11 is 0. The molecule has 2 aromatic carbocycles. The van der Waals surface area contributed by atoms with Crippen LogP contribution in [0.1, 0.15) is 47.2 Å². The van der Waals surface area contributed by atoms with Crippen LogP contribution >= 0.6 is 0 Å². The topological polar surface area (TPSA) is 71.9 Å². The zero-order chi connectivity index (χ0) is 22.5. The Kier molecular flexibility index (Phi) is 6.59. The maximum atomic E-state index is 11.5. The van der Waals surface area contributed by atoms with E-state index in [0.717, 1.165) is 35.5 Å². The molecule has 166 valence electrons. The molecule has 1 aliphatic carbocycles. The van der Waals surface area contributed by atoms with Gasteiger partial charge in [-0.15, -0.1) is 0 Å². The molecule has 0 radical (unpaired) electrons. The van der Waals surface area contributed by atoms with E-state index in [-0.39, 0.29) is 6.10 Å². The van der Waals surface area contributed by atoms with Crippen molar-refractivity contribution in [2.45, 2.75) is 45.3 Å². The first-order valence-corrected chi connectivity index (χ1v) is 10.9. The first-order chi connectivity index (χ1) is 15.5.